The van der Waals surface area contributed by atoms with Gasteiger partial charge in [0, 0.05) is 0 Å². The Morgan fingerprint density at radius 3 is 0.824 bits per heavy atom. The molecule has 0 fully saturated rings. The van der Waals surface area contributed by atoms with E-state index in [0.717, 1.165) is 16.4 Å². The van der Waals surface area contributed by atoms with Crippen LogP contribution in [0.1, 0.15) is 22.3 Å². The van der Waals surface area contributed by atoms with E-state index >= 15 is 0 Å². The van der Waals surface area contributed by atoms with Crippen LogP contribution in [-0.2, 0) is 26.2 Å². The van der Waals surface area contributed by atoms with Crippen molar-refractivity contribution in [1.29, 1.82) is 0 Å². The first-order valence-corrected chi connectivity index (χ1v) is 7.12. The summed E-state index contributed by atoms with van der Waals surface area (Å²) in [7, 11) is 1.89. The molecule has 2 heterocycles. The number of hydrogen-bond donors (Lipinski definition) is 0. The van der Waals surface area contributed by atoms with Crippen LogP contribution in [0.3, 0.4) is 0 Å². The van der Waals surface area contributed by atoms with Crippen LogP contribution >= 0.6 is 16.4 Å². The number of halogens is 2. The first-order chi connectivity index (χ1) is 6.61. The van der Waals surface area contributed by atoms with Gasteiger partial charge in [0.05, 0.1) is 0 Å². The van der Waals surface area contributed by atoms with Crippen LogP contribution in [-0.4, -0.2) is 0 Å². The minimum absolute atomic E-state index is 0. The molecule has 0 aliphatic rings. The summed E-state index contributed by atoms with van der Waals surface area (Å²) in [5.41, 5.74) is 5.83. The third-order valence-electron chi connectivity index (χ3n) is 2.44. The third kappa shape index (κ3) is 8.69. The number of hydrogen-bond acceptors (Lipinski definition) is 0. The van der Waals surface area contributed by atoms with Crippen LogP contribution in [0.5, 0.6) is 0 Å². The van der Waals surface area contributed by atoms with E-state index in [-0.39, 0.29) is 51.0 Å². The second-order valence-corrected chi connectivity index (χ2v) is 5.46. The number of rotatable bonds is 0. The van der Waals surface area contributed by atoms with E-state index in [1.54, 1.807) is 0 Å². The standard InChI is InChI=1S/2C6H9P.2ClH.Zr/c2*1-5-3-7-4-6(5)2;;;/h2*3-4,7H,1-2H3;2*1H;/q;;;;+2/p-2. The molecule has 2 rings (SSSR count). The van der Waals surface area contributed by atoms with E-state index in [0.29, 0.717) is 0 Å². The minimum Gasteiger partial charge on any atom is -1.00 e. The molecule has 0 saturated carbocycles. The first-order valence-electron chi connectivity index (χ1n) is 4.81. The van der Waals surface area contributed by atoms with Crippen molar-refractivity contribution in [3.8, 4) is 0 Å². The molecular weight excluding hydrogens is 368 g/mol. The molecule has 2 aromatic heterocycles. The van der Waals surface area contributed by atoms with Gasteiger partial charge >= 0.3 is 26.2 Å². The normalized spacial score (nSPS) is 7.76. The summed E-state index contributed by atoms with van der Waals surface area (Å²) < 4.78 is 0. The molecule has 0 N–H and O–H groups in total. The van der Waals surface area contributed by atoms with Crippen LogP contribution in [0.25, 0.3) is 0 Å². The molecule has 0 atom stereocenters. The van der Waals surface area contributed by atoms with Gasteiger partial charge in [-0.15, -0.1) is 16.4 Å². The molecule has 94 valence electrons. The van der Waals surface area contributed by atoms with Gasteiger partial charge < -0.3 is 24.8 Å². The minimum atomic E-state index is 0. The quantitative estimate of drug-likeness (QED) is 0.527. The molecule has 5 heteroatoms. The SMILES string of the molecule is Cc1c[pH]cc1C.Cc1c[pH]cc1C.[Cl-].[Cl-].[Zr+2]. The van der Waals surface area contributed by atoms with E-state index in [9.17, 15) is 0 Å². The molecule has 0 aliphatic carbocycles. The van der Waals surface area contributed by atoms with E-state index in [4.69, 9.17) is 0 Å². The molecule has 0 nitrogen and oxygen atoms in total. The predicted molar refractivity (Wildman–Crippen MR) is 70.8 cm³/mol. The monoisotopic (exact) mass is 384 g/mol. The average Bonchev–Trinajstić information content (AvgIpc) is 2.67. The zero-order valence-corrected chi connectivity index (χ0v) is 16.5. The van der Waals surface area contributed by atoms with Crippen molar-refractivity contribution in [3.63, 3.8) is 0 Å². The van der Waals surface area contributed by atoms with Crippen LogP contribution in [0.2, 0.25) is 0 Å². The molecule has 0 saturated heterocycles. The Morgan fingerprint density at radius 2 is 0.765 bits per heavy atom. The second kappa shape index (κ2) is 12.1. The van der Waals surface area contributed by atoms with Crippen molar-refractivity contribution in [2.75, 3.05) is 0 Å². The zero-order valence-electron chi connectivity index (χ0n) is 10.6. The van der Waals surface area contributed by atoms with Crippen molar-refractivity contribution in [3.05, 3.63) is 45.4 Å². The van der Waals surface area contributed by atoms with Gasteiger partial charge in [-0.25, -0.2) is 0 Å². The summed E-state index contributed by atoms with van der Waals surface area (Å²) in [6, 6.07) is 0. The van der Waals surface area contributed by atoms with Crippen LogP contribution in [0, 0.1) is 27.7 Å². The van der Waals surface area contributed by atoms with E-state index in [1.807, 2.05) is 0 Å². The van der Waals surface area contributed by atoms with Crippen LogP contribution < -0.4 is 24.8 Å². The maximum Gasteiger partial charge on any atom is 2.00 e. The van der Waals surface area contributed by atoms with Crippen molar-refractivity contribution < 1.29 is 51.0 Å². The summed E-state index contributed by atoms with van der Waals surface area (Å²) in [5, 5.41) is 0. The molecule has 0 unspecified atom stereocenters. The van der Waals surface area contributed by atoms with Crippen molar-refractivity contribution in [2.45, 2.75) is 27.7 Å². The molecule has 2 aromatic rings. The largest absolute Gasteiger partial charge is 2.00 e. The van der Waals surface area contributed by atoms with Gasteiger partial charge in [0.2, 0.25) is 0 Å². The van der Waals surface area contributed by atoms with Crippen molar-refractivity contribution in [2.24, 2.45) is 0 Å². The smallest absolute Gasteiger partial charge is 1.00 e. The van der Waals surface area contributed by atoms with Gasteiger partial charge in [0.15, 0.2) is 0 Å². The second-order valence-electron chi connectivity index (χ2n) is 3.64. The maximum atomic E-state index is 2.27. The molecular formula is C12H18Cl2P2Zr. The Hall–Kier alpha value is 1.02. The summed E-state index contributed by atoms with van der Waals surface area (Å²) >= 11 is 0. The third-order valence-corrected chi connectivity index (χ3v) is 4.84. The molecule has 0 aliphatic heterocycles. The summed E-state index contributed by atoms with van der Waals surface area (Å²) in [4.78, 5) is 0. The molecule has 17 heavy (non-hydrogen) atoms. The summed E-state index contributed by atoms with van der Waals surface area (Å²) in [6.45, 7) is 8.63. The van der Waals surface area contributed by atoms with Gasteiger partial charge in [-0.1, -0.05) is 0 Å². The predicted octanol–water partition coefficient (Wildman–Crippen LogP) is -1.33. The topological polar surface area (TPSA) is 0 Å². The van der Waals surface area contributed by atoms with Crippen molar-refractivity contribution >= 4 is 16.4 Å². The number of aryl methyl sites for hydroxylation is 4. The van der Waals surface area contributed by atoms with Crippen LogP contribution in [0.15, 0.2) is 23.2 Å². The summed E-state index contributed by atoms with van der Waals surface area (Å²) in [5.74, 6) is 9.09. The fourth-order valence-corrected chi connectivity index (χ4v) is 3.12. The van der Waals surface area contributed by atoms with Crippen LogP contribution in [0.4, 0.5) is 0 Å². The maximum absolute atomic E-state index is 2.27. The van der Waals surface area contributed by atoms with Gasteiger partial charge in [-0.2, -0.15) is 0 Å². The Bertz CT molecular complexity index is 325. The van der Waals surface area contributed by atoms with Crippen molar-refractivity contribution in [1.82, 2.24) is 0 Å². The first kappa shape index (κ1) is 23.1. The Kier molecular flexibility index (Phi) is 16.4. The molecule has 0 radical (unpaired) electrons. The average molecular weight is 386 g/mol. The Balaban J connectivity index is -0.000000196. The molecule has 0 bridgehead atoms. The van der Waals surface area contributed by atoms with Gasteiger partial charge in [0.25, 0.3) is 0 Å². The fraction of sp³-hybridized carbons (Fsp3) is 0.333. The molecule has 0 amide bonds. The van der Waals surface area contributed by atoms with E-state index in [2.05, 4.69) is 50.9 Å². The Morgan fingerprint density at radius 1 is 0.588 bits per heavy atom. The van der Waals surface area contributed by atoms with Gasteiger partial charge in [0.1, 0.15) is 0 Å². The Labute approximate surface area is 139 Å². The van der Waals surface area contributed by atoms with Gasteiger partial charge in [-0.3, -0.25) is 0 Å². The van der Waals surface area contributed by atoms with E-state index < -0.39 is 0 Å². The van der Waals surface area contributed by atoms with E-state index in [1.165, 1.54) is 22.3 Å². The fourth-order valence-electron chi connectivity index (χ4n) is 1.04. The summed E-state index contributed by atoms with van der Waals surface area (Å²) in [6.07, 6.45) is 0. The zero-order chi connectivity index (χ0) is 10.6. The molecule has 0 aromatic carbocycles. The van der Waals surface area contributed by atoms with Gasteiger partial charge in [-0.05, 0) is 73.1 Å². The molecule has 0 spiro atoms.